The predicted octanol–water partition coefficient (Wildman–Crippen LogP) is 6.08. The van der Waals surface area contributed by atoms with Gasteiger partial charge in [-0.3, -0.25) is 4.79 Å². The quantitative estimate of drug-likeness (QED) is 0.486. The largest absolute Gasteiger partial charge is 0.489 e. The Hall–Kier alpha value is -3.85. The van der Waals surface area contributed by atoms with Gasteiger partial charge in [0.1, 0.15) is 18.1 Å². The molecule has 3 aromatic carbocycles. The minimum Gasteiger partial charge on any atom is -0.489 e. The van der Waals surface area contributed by atoms with Gasteiger partial charge >= 0.3 is 0 Å². The van der Waals surface area contributed by atoms with Crippen molar-refractivity contribution in [3.63, 3.8) is 0 Å². The molecule has 1 heterocycles. The molecule has 0 aromatic heterocycles. The first kappa shape index (κ1) is 18.5. The second-order valence-corrected chi connectivity index (χ2v) is 6.62. The van der Waals surface area contributed by atoms with Crippen LogP contribution in [0.2, 0.25) is 0 Å². The summed E-state index contributed by atoms with van der Waals surface area (Å²) in [5.41, 5.74) is 3.73. The third-order valence-electron chi connectivity index (χ3n) is 4.60. The molecular formula is C26H20O3. The first-order chi connectivity index (χ1) is 14.2. The highest BCUT2D eigenvalue weighted by molar-refractivity contribution is 6.12. The van der Waals surface area contributed by atoms with Gasteiger partial charge in [-0.1, -0.05) is 79.4 Å². The Morgan fingerprint density at radius 1 is 0.931 bits per heavy atom. The molecule has 0 aliphatic carbocycles. The summed E-state index contributed by atoms with van der Waals surface area (Å²) in [7, 11) is 0. The molecule has 4 rings (SSSR count). The topological polar surface area (TPSA) is 35.5 Å². The van der Waals surface area contributed by atoms with E-state index in [1.165, 1.54) is 0 Å². The number of benzene rings is 3. The minimum atomic E-state index is -0.121. The highest BCUT2D eigenvalue weighted by Gasteiger charge is 2.27. The van der Waals surface area contributed by atoms with Crippen molar-refractivity contribution in [2.24, 2.45) is 0 Å². The molecule has 0 radical (unpaired) electrons. The number of carbonyl (C=O) groups excluding carboxylic acids is 1. The third kappa shape index (κ3) is 4.36. The Kier molecular flexibility index (Phi) is 5.39. The fraction of sp³-hybridized carbons (Fsp3) is 0.0385. The van der Waals surface area contributed by atoms with Gasteiger partial charge in [-0.05, 0) is 34.9 Å². The Bertz CT molecular complexity index is 1090. The highest BCUT2D eigenvalue weighted by atomic mass is 16.5. The molecule has 0 bridgehead atoms. The summed E-state index contributed by atoms with van der Waals surface area (Å²) in [4.78, 5) is 12.5. The normalized spacial score (nSPS) is 14.1. The van der Waals surface area contributed by atoms with Crippen LogP contribution in [0, 0.1) is 0 Å². The van der Waals surface area contributed by atoms with Gasteiger partial charge in [-0.25, -0.2) is 0 Å². The maximum atomic E-state index is 12.5. The fourth-order valence-electron chi connectivity index (χ4n) is 3.00. The zero-order valence-corrected chi connectivity index (χ0v) is 15.9. The molecule has 1 aliphatic rings. The predicted molar refractivity (Wildman–Crippen MR) is 116 cm³/mol. The van der Waals surface area contributed by atoms with E-state index >= 15 is 0 Å². The molecule has 0 unspecified atom stereocenters. The highest BCUT2D eigenvalue weighted by Crippen LogP contribution is 2.34. The van der Waals surface area contributed by atoms with Gasteiger partial charge in [0.15, 0.2) is 5.76 Å². The van der Waals surface area contributed by atoms with Crippen molar-refractivity contribution in [2.75, 3.05) is 0 Å². The van der Waals surface area contributed by atoms with Crippen LogP contribution < -0.4 is 9.47 Å². The SMILES string of the molecule is C=Cc1ccc(COc2ccc3c(c2)OC(=CC=Cc2ccccc2)C3=O)cc1. The van der Waals surface area contributed by atoms with E-state index in [9.17, 15) is 4.79 Å². The van der Waals surface area contributed by atoms with Gasteiger partial charge in [0, 0.05) is 6.07 Å². The summed E-state index contributed by atoms with van der Waals surface area (Å²) in [5, 5.41) is 0. The molecule has 0 amide bonds. The Balaban J connectivity index is 1.43. The third-order valence-corrected chi connectivity index (χ3v) is 4.60. The lowest BCUT2D eigenvalue weighted by Crippen LogP contribution is -1.97. The van der Waals surface area contributed by atoms with E-state index in [1.54, 1.807) is 30.4 Å². The van der Waals surface area contributed by atoms with Crippen molar-refractivity contribution in [3.8, 4) is 11.5 Å². The van der Waals surface area contributed by atoms with E-state index in [0.717, 1.165) is 16.7 Å². The van der Waals surface area contributed by atoms with Gasteiger partial charge < -0.3 is 9.47 Å². The molecule has 0 fully saturated rings. The summed E-state index contributed by atoms with van der Waals surface area (Å²) in [6.07, 6.45) is 7.24. The summed E-state index contributed by atoms with van der Waals surface area (Å²) in [6, 6.07) is 23.2. The molecule has 0 saturated carbocycles. The van der Waals surface area contributed by atoms with Crippen molar-refractivity contribution < 1.29 is 14.3 Å². The number of rotatable bonds is 6. The first-order valence-electron chi connectivity index (χ1n) is 9.37. The fourth-order valence-corrected chi connectivity index (χ4v) is 3.00. The minimum absolute atomic E-state index is 0.121. The lowest BCUT2D eigenvalue weighted by molar-refractivity contribution is 0.101. The van der Waals surface area contributed by atoms with E-state index in [-0.39, 0.29) is 5.78 Å². The first-order valence-corrected chi connectivity index (χ1v) is 9.37. The van der Waals surface area contributed by atoms with E-state index in [2.05, 4.69) is 6.58 Å². The van der Waals surface area contributed by atoms with Crippen molar-refractivity contribution in [1.82, 2.24) is 0 Å². The van der Waals surface area contributed by atoms with E-state index in [4.69, 9.17) is 9.47 Å². The molecule has 3 aromatic rings. The molecule has 142 valence electrons. The van der Waals surface area contributed by atoms with Gasteiger partial charge in [0.2, 0.25) is 5.78 Å². The molecular weight excluding hydrogens is 360 g/mol. The van der Waals surface area contributed by atoms with Crippen LogP contribution in [0.5, 0.6) is 11.5 Å². The van der Waals surface area contributed by atoms with Crippen molar-refractivity contribution in [1.29, 1.82) is 0 Å². The number of Topliss-reactive ketones (excluding diaryl/α,β-unsaturated/α-hetero) is 1. The van der Waals surface area contributed by atoms with Crippen LogP contribution in [0.25, 0.3) is 12.2 Å². The molecule has 3 heteroatoms. The summed E-state index contributed by atoms with van der Waals surface area (Å²) < 4.78 is 11.6. The van der Waals surface area contributed by atoms with Crippen LogP contribution in [-0.2, 0) is 6.61 Å². The van der Waals surface area contributed by atoms with Crippen LogP contribution in [0.3, 0.4) is 0 Å². The van der Waals surface area contributed by atoms with Crippen molar-refractivity contribution in [3.05, 3.63) is 120 Å². The number of carbonyl (C=O) groups is 1. The second kappa shape index (κ2) is 8.44. The average molecular weight is 380 g/mol. The van der Waals surface area contributed by atoms with Gasteiger partial charge in [-0.2, -0.15) is 0 Å². The van der Waals surface area contributed by atoms with Gasteiger partial charge in [0.25, 0.3) is 0 Å². The number of hydrogen-bond acceptors (Lipinski definition) is 3. The zero-order valence-electron chi connectivity index (χ0n) is 15.9. The molecule has 0 spiro atoms. The summed E-state index contributed by atoms with van der Waals surface area (Å²) in [6.45, 7) is 4.19. The monoisotopic (exact) mass is 380 g/mol. The molecule has 1 aliphatic heterocycles. The Morgan fingerprint density at radius 2 is 1.72 bits per heavy atom. The second-order valence-electron chi connectivity index (χ2n) is 6.62. The zero-order chi connectivity index (χ0) is 20.1. The van der Waals surface area contributed by atoms with Crippen LogP contribution in [0.15, 0.2) is 97.3 Å². The number of fused-ring (bicyclic) bond motifs is 1. The Labute approximate surface area is 170 Å². The average Bonchev–Trinajstić information content (AvgIpc) is 3.08. The van der Waals surface area contributed by atoms with E-state index in [0.29, 0.717) is 29.4 Å². The molecule has 0 saturated heterocycles. The number of ketones is 1. The molecule has 0 atom stereocenters. The van der Waals surface area contributed by atoms with E-state index < -0.39 is 0 Å². The lowest BCUT2D eigenvalue weighted by Gasteiger charge is -2.07. The number of allylic oxidation sites excluding steroid dienone is 3. The van der Waals surface area contributed by atoms with Crippen LogP contribution in [-0.4, -0.2) is 5.78 Å². The number of ether oxygens (including phenoxy) is 2. The molecule has 29 heavy (non-hydrogen) atoms. The maximum absolute atomic E-state index is 12.5. The summed E-state index contributed by atoms with van der Waals surface area (Å²) >= 11 is 0. The van der Waals surface area contributed by atoms with Gasteiger partial charge in [0.05, 0.1) is 5.56 Å². The lowest BCUT2D eigenvalue weighted by atomic mass is 10.1. The van der Waals surface area contributed by atoms with Crippen LogP contribution >= 0.6 is 0 Å². The van der Waals surface area contributed by atoms with Crippen LogP contribution in [0.1, 0.15) is 27.0 Å². The maximum Gasteiger partial charge on any atom is 0.231 e. The summed E-state index contributed by atoms with van der Waals surface area (Å²) in [5.74, 6) is 1.37. The smallest absolute Gasteiger partial charge is 0.231 e. The van der Waals surface area contributed by atoms with E-state index in [1.807, 2.05) is 66.7 Å². The molecule has 0 N–H and O–H groups in total. The Morgan fingerprint density at radius 3 is 2.48 bits per heavy atom. The van der Waals surface area contributed by atoms with Gasteiger partial charge in [-0.15, -0.1) is 0 Å². The van der Waals surface area contributed by atoms with Crippen molar-refractivity contribution >= 4 is 17.9 Å². The van der Waals surface area contributed by atoms with Crippen molar-refractivity contribution in [2.45, 2.75) is 6.61 Å². The standard InChI is InChI=1S/C26H20O3/c1-2-19-11-13-21(14-12-19)18-28-22-15-16-23-25(17-22)29-24(26(23)27)10-6-9-20-7-4-3-5-8-20/h2-17H,1,18H2. The number of hydrogen-bond donors (Lipinski definition) is 0. The molecule has 3 nitrogen and oxygen atoms in total. The van der Waals surface area contributed by atoms with Crippen LogP contribution in [0.4, 0.5) is 0 Å².